The average molecular weight is 666 g/mol. The average Bonchev–Trinajstić information content (AvgIpc) is 3.47. The van der Waals surface area contributed by atoms with Crippen LogP contribution in [0.4, 0.5) is 5.69 Å². The molecule has 7 rings (SSSR count). The number of pyridine rings is 1. The molecule has 0 aliphatic carbocycles. The van der Waals surface area contributed by atoms with Gasteiger partial charge in [0.25, 0.3) is 0 Å². The van der Waals surface area contributed by atoms with E-state index in [4.69, 9.17) is 9.98 Å². The summed E-state index contributed by atoms with van der Waals surface area (Å²) >= 11 is 0. The zero-order chi connectivity index (χ0) is 29.7. The second-order valence-corrected chi connectivity index (χ2v) is 11.5. The molecule has 0 unspecified atom stereocenters. The molecule has 0 aliphatic heterocycles. The fourth-order valence-corrected chi connectivity index (χ4v) is 6.14. The number of rotatable bonds is 5. The Hall–Kier alpha value is -4.57. The third-order valence-corrected chi connectivity index (χ3v) is 7.67. The Morgan fingerprint density at radius 2 is 1.45 bits per heavy atom. The van der Waals surface area contributed by atoms with E-state index < -0.39 is 0 Å². The SMILES string of the molecule is CC(=[N-])NC(C)=Nc1[c-]c(-n2c3[c-]c4c(cc3c3ccccc32)c2ccccc2n4-c2ccccn2)cc(CC(C)C)c1.[Pd]. The van der Waals surface area contributed by atoms with Gasteiger partial charge in [-0.2, -0.15) is 11.6 Å². The van der Waals surface area contributed by atoms with Crippen molar-refractivity contribution in [3.63, 3.8) is 0 Å². The van der Waals surface area contributed by atoms with Gasteiger partial charge in [0.1, 0.15) is 5.82 Å². The van der Waals surface area contributed by atoms with Gasteiger partial charge in [-0.1, -0.05) is 78.9 Å². The van der Waals surface area contributed by atoms with E-state index in [2.05, 4.69) is 107 Å². The number of aliphatic imine (C=N–C) groups is 1. The molecule has 1 N–H and O–H groups in total. The molecule has 44 heavy (non-hydrogen) atoms. The largest absolute Gasteiger partial charge is 0.469 e. The summed E-state index contributed by atoms with van der Waals surface area (Å²) in [6.07, 6.45) is 2.73. The van der Waals surface area contributed by atoms with Crippen LogP contribution in [0.1, 0.15) is 33.3 Å². The van der Waals surface area contributed by atoms with Gasteiger partial charge in [-0.25, -0.2) is 4.98 Å². The van der Waals surface area contributed by atoms with E-state index >= 15 is 0 Å². The second kappa shape index (κ2) is 11.8. The minimum Gasteiger partial charge on any atom is -0.469 e. The fraction of sp³-hybridized carbons (Fsp3) is 0.162. The van der Waals surface area contributed by atoms with E-state index in [-0.39, 0.29) is 26.3 Å². The first-order valence-corrected chi connectivity index (χ1v) is 14.6. The van der Waals surface area contributed by atoms with Gasteiger partial charge in [-0.05, 0) is 66.9 Å². The van der Waals surface area contributed by atoms with E-state index in [0.717, 1.165) is 56.2 Å². The first-order valence-electron chi connectivity index (χ1n) is 14.6. The zero-order valence-corrected chi connectivity index (χ0v) is 26.6. The Morgan fingerprint density at radius 3 is 2.09 bits per heavy atom. The van der Waals surface area contributed by atoms with E-state index in [1.165, 1.54) is 10.9 Å². The van der Waals surface area contributed by atoms with Crippen LogP contribution in [0.25, 0.3) is 60.5 Å². The predicted molar refractivity (Wildman–Crippen MR) is 179 cm³/mol. The number of aromatic nitrogens is 3. The van der Waals surface area contributed by atoms with Gasteiger partial charge in [0.15, 0.2) is 0 Å². The van der Waals surface area contributed by atoms with Gasteiger partial charge >= 0.3 is 0 Å². The van der Waals surface area contributed by atoms with E-state index in [0.29, 0.717) is 17.4 Å². The van der Waals surface area contributed by atoms with Crippen molar-refractivity contribution in [3.05, 3.63) is 114 Å². The molecular weight excluding hydrogens is 635 g/mol. The molecule has 3 aromatic heterocycles. The first-order chi connectivity index (χ1) is 20.9. The van der Waals surface area contributed by atoms with Crippen molar-refractivity contribution in [2.24, 2.45) is 10.9 Å². The number of benzene rings is 4. The molecule has 4 aromatic carbocycles. The van der Waals surface area contributed by atoms with Crippen LogP contribution in [-0.2, 0) is 26.8 Å². The van der Waals surface area contributed by atoms with Crippen LogP contribution in [0, 0.1) is 18.1 Å². The van der Waals surface area contributed by atoms with E-state index in [1.54, 1.807) is 6.92 Å². The van der Waals surface area contributed by atoms with Crippen LogP contribution in [0.15, 0.2) is 96.1 Å². The van der Waals surface area contributed by atoms with Crippen LogP contribution in [-0.4, -0.2) is 25.8 Å². The van der Waals surface area contributed by atoms with Crippen LogP contribution < -0.4 is 5.32 Å². The summed E-state index contributed by atoms with van der Waals surface area (Å²) in [5.74, 6) is 2.02. The maximum Gasteiger partial charge on any atom is 0.135 e. The van der Waals surface area contributed by atoms with E-state index in [9.17, 15) is 5.41 Å². The van der Waals surface area contributed by atoms with E-state index in [1.807, 2.05) is 31.3 Å². The van der Waals surface area contributed by atoms with Gasteiger partial charge in [0, 0.05) is 43.5 Å². The van der Waals surface area contributed by atoms with Crippen molar-refractivity contribution in [3.8, 4) is 11.5 Å². The van der Waals surface area contributed by atoms with Crippen LogP contribution in [0.2, 0.25) is 0 Å². The van der Waals surface area contributed by atoms with Crippen molar-refractivity contribution >= 4 is 61.0 Å². The Kier molecular flexibility index (Phi) is 7.94. The van der Waals surface area contributed by atoms with Crippen molar-refractivity contribution in [1.29, 1.82) is 0 Å². The third-order valence-electron chi connectivity index (χ3n) is 7.67. The molecule has 7 heteroatoms. The summed E-state index contributed by atoms with van der Waals surface area (Å²) in [6.45, 7) is 7.88. The minimum atomic E-state index is 0. The van der Waals surface area contributed by atoms with Crippen molar-refractivity contribution in [1.82, 2.24) is 19.4 Å². The maximum absolute atomic E-state index is 9.76. The van der Waals surface area contributed by atoms with Crippen LogP contribution in [0.5, 0.6) is 0 Å². The summed E-state index contributed by atoms with van der Waals surface area (Å²) in [6, 6.07) is 37.0. The molecule has 7 aromatic rings. The Bertz CT molecular complexity index is 2200. The molecule has 0 radical (unpaired) electrons. The molecule has 3 heterocycles. The molecule has 0 saturated heterocycles. The smallest absolute Gasteiger partial charge is 0.135 e. The zero-order valence-electron chi connectivity index (χ0n) is 25.0. The number of hydrogen-bond acceptors (Lipinski definition) is 2. The number of fused-ring (bicyclic) bond motifs is 6. The van der Waals surface area contributed by atoms with Gasteiger partial charge < -0.3 is 19.9 Å². The Balaban J connectivity index is 0.00000343. The number of hydrogen-bond donors (Lipinski definition) is 1. The monoisotopic (exact) mass is 665 g/mol. The first kappa shape index (κ1) is 29.5. The molecule has 0 amide bonds. The molecule has 0 fully saturated rings. The topological polar surface area (TPSA) is 69.4 Å². The van der Waals surface area contributed by atoms with Crippen molar-refractivity contribution < 1.29 is 20.4 Å². The standard InChI is InChI=1S/C37H31N6.Pd/c1-23(2)17-26-18-27(41-25(4)40-24(3)38)20-28(19-26)42-33-13-7-5-11-29(33)31-21-32-30-12-6-8-14-34(30)43(36(32)22-35(31)42)37-15-9-10-16-39-37;/h5-16,18-19,21,23H,17H2,1-4H3,(H-,38,40,41);/q-3;. The number of amidine groups is 2. The summed E-state index contributed by atoms with van der Waals surface area (Å²) in [5, 5.41) is 17.2. The molecular formula is C37H31N6Pd-3. The maximum atomic E-state index is 9.76. The van der Waals surface area contributed by atoms with Crippen LogP contribution >= 0.6 is 0 Å². The Morgan fingerprint density at radius 1 is 0.818 bits per heavy atom. The minimum absolute atomic E-state index is 0. The summed E-state index contributed by atoms with van der Waals surface area (Å²) in [4.78, 5) is 9.48. The number of para-hydroxylation sites is 2. The second-order valence-electron chi connectivity index (χ2n) is 11.5. The van der Waals surface area contributed by atoms with Gasteiger partial charge in [0.05, 0.1) is 0 Å². The number of nitrogens with one attached hydrogen (secondary N) is 1. The van der Waals surface area contributed by atoms with Gasteiger partial charge in [0.2, 0.25) is 0 Å². The van der Waals surface area contributed by atoms with Gasteiger partial charge in [-0.15, -0.1) is 35.0 Å². The molecule has 6 nitrogen and oxygen atoms in total. The quantitative estimate of drug-likeness (QED) is 0.0865. The predicted octanol–water partition coefficient (Wildman–Crippen LogP) is 8.70. The van der Waals surface area contributed by atoms with Crippen molar-refractivity contribution in [2.75, 3.05) is 0 Å². The van der Waals surface area contributed by atoms with Crippen LogP contribution in [0.3, 0.4) is 0 Å². The summed E-state index contributed by atoms with van der Waals surface area (Å²) in [5.41, 5.74) is 6.90. The van der Waals surface area contributed by atoms with Crippen molar-refractivity contribution in [2.45, 2.75) is 34.1 Å². The van der Waals surface area contributed by atoms with Gasteiger partial charge in [-0.3, -0.25) is 4.99 Å². The molecule has 0 aliphatic rings. The molecule has 0 spiro atoms. The molecule has 0 atom stereocenters. The molecule has 222 valence electrons. The summed E-state index contributed by atoms with van der Waals surface area (Å²) in [7, 11) is 0. The number of nitrogens with zero attached hydrogens (tertiary/aromatic N) is 5. The Labute approximate surface area is 270 Å². The third kappa shape index (κ3) is 5.23. The summed E-state index contributed by atoms with van der Waals surface area (Å²) < 4.78 is 4.45. The molecule has 0 bridgehead atoms. The fourth-order valence-electron chi connectivity index (χ4n) is 6.14. The normalized spacial score (nSPS) is 12.0. The molecule has 0 saturated carbocycles.